The molecule has 0 spiro atoms. The summed E-state index contributed by atoms with van der Waals surface area (Å²) in [5.74, 6) is 0. The van der Waals surface area contributed by atoms with E-state index in [2.05, 4.69) is 11.9 Å². The topological polar surface area (TPSA) is 54.9 Å². The molecular weight excluding hydrogens is 288 g/mol. The van der Waals surface area contributed by atoms with Crippen molar-refractivity contribution in [3.8, 4) is 11.1 Å². The molecule has 5 heteroatoms. The highest BCUT2D eigenvalue weighted by Gasteiger charge is 2.38. The van der Waals surface area contributed by atoms with E-state index in [0.29, 0.717) is 12.1 Å². The first kappa shape index (κ1) is 14.1. The Morgan fingerprint density at radius 3 is 2.67 bits per heavy atom. The van der Waals surface area contributed by atoms with E-state index in [1.54, 1.807) is 0 Å². The summed E-state index contributed by atoms with van der Waals surface area (Å²) < 4.78 is 1.27. The van der Waals surface area contributed by atoms with E-state index >= 15 is 0 Å². The lowest BCUT2D eigenvalue weighted by Crippen LogP contribution is -2.38. The van der Waals surface area contributed by atoms with Crippen molar-refractivity contribution in [3.05, 3.63) is 55.8 Å². The highest BCUT2D eigenvalue weighted by atomic mass is 35.5. The number of halogens is 1. The van der Waals surface area contributed by atoms with Crippen molar-refractivity contribution in [3.63, 3.8) is 0 Å². The number of rotatable bonds is 3. The van der Waals surface area contributed by atoms with Crippen LogP contribution >= 0.6 is 11.6 Å². The van der Waals surface area contributed by atoms with Crippen molar-refractivity contribution in [1.82, 2.24) is 9.55 Å². The highest BCUT2D eigenvalue weighted by Crippen LogP contribution is 2.45. The first-order valence-electron chi connectivity index (χ1n) is 6.99. The third-order valence-corrected chi connectivity index (χ3v) is 4.37. The SMILES string of the molecule is Cc1cccc(-c2c(Cl)[nH]c(=O)n(CC3(C)CC3)c2=O)c1. The largest absolute Gasteiger partial charge is 0.329 e. The van der Waals surface area contributed by atoms with Crippen LogP contribution in [0, 0.1) is 12.3 Å². The van der Waals surface area contributed by atoms with E-state index in [0.717, 1.165) is 24.0 Å². The average molecular weight is 305 g/mol. The number of H-pyrrole nitrogens is 1. The molecule has 1 fully saturated rings. The van der Waals surface area contributed by atoms with Crippen molar-refractivity contribution in [1.29, 1.82) is 0 Å². The lowest BCUT2D eigenvalue weighted by atomic mass is 10.1. The number of hydrogen-bond donors (Lipinski definition) is 1. The summed E-state index contributed by atoms with van der Waals surface area (Å²) in [6, 6.07) is 7.55. The van der Waals surface area contributed by atoms with Crippen LogP contribution in [0.25, 0.3) is 11.1 Å². The molecule has 0 radical (unpaired) electrons. The van der Waals surface area contributed by atoms with Crippen LogP contribution in [0.4, 0.5) is 0 Å². The maximum atomic E-state index is 12.7. The summed E-state index contributed by atoms with van der Waals surface area (Å²) in [6.45, 7) is 4.48. The molecular formula is C16H17ClN2O2. The molecule has 3 rings (SSSR count). The van der Waals surface area contributed by atoms with Gasteiger partial charge in [0.15, 0.2) is 0 Å². The molecule has 0 amide bonds. The summed E-state index contributed by atoms with van der Waals surface area (Å²) in [4.78, 5) is 27.3. The Hall–Kier alpha value is -1.81. The third kappa shape index (κ3) is 2.68. The van der Waals surface area contributed by atoms with Crippen molar-refractivity contribution < 1.29 is 0 Å². The molecule has 21 heavy (non-hydrogen) atoms. The van der Waals surface area contributed by atoms with Gasteiger partial charge in [-0.25, -0.2) is 4.79 Å². The molecule has 1 N–H and O–H groups in total. The summed E-state index contributed by atoms with van der Waals surface area (Å²) in [7, 11) is 0. The fraction of sp³-hybridized carbons (Fsp3) is 0.375. The summed E-state index contributed by atoms with van der Waals surface area (Å²) >= 11 is 6.11. The van der Waals surface area contributed by atoms with Crippen molar-refractivity contribution >= 4 is 11.6 Å². The number of aromatic amines is 1. The Morgan fingerprint density at radius 1 is 1.33 bits per heavy atom. The van der Waals surface area contributed by atoms with Crippen LogP contribution < -0.4 is 11.2 Å². The van der Waals surface area contributed by atoms with Gasteiger partial charge in [0.1, 0.15) is 5.15 Å². The molecule has 110 valence electrons. The van der Waals surface area contributed by atoms with Crippen LogP contribution in [0.1, 0.15) is 25.3 Å². The lowest BCUT2D eigenvalue weighted by molar-refractivity contribution is 0.441. The maximum Gasteiger partial charge on any atom is 0.329 e. The molecule has 1 aliphatic rings. The van der Waals surface area contributed by atoms with E-state index in [9.17, 15) is 9.59 Å². The monoisotopic (exact) mass is 304 g/mol. The first-order chi connectivity index (χ1) is 9.89. The van der Waals surface area contributed by atoms with Crippen LogP contribution in [0.2, 0.25) is 5.15 Å². The van der Waals surface area contributed by atoms with E-state index in [4.69, 9.17) is 11.6 Å². The molecule has 0 atom stereocenters. The number of hydrogen-bond acceptors (Lipinski definition) is 2. The predicted molar refractivity (Wildman–Crippen MR) is 83.8 cm³/mol. The third-order valence-electron chi connectivity index (χ3n) is 4.09. The van der Waals surface area contributed by atoms with Crippen LogP contribution in [0.3, 0.4) is 0 Å². The zero-order valence-corrected chi connectivity index (χ0v) is 12.8. The molecule has 1 aliphatic carbocycles. The number of nitrogens with one attached hydrogen (secondary N) is 1. The Balaban J connectivity index is 2.19. The molecule has 1 heterocycles. The van der Waals surface area contributed by atoms with Gasteiger partial charge in [-0.15, -0.1) is 0 Å². The minimum absolute atomic E-state index is 0.0640. The minimum Gasteiger partial charge on any atom is -0.297 e. The van der Waals surface area contributed by atoms with Crippen LogP contribution in [-0.2, 0) is 6.54 Å². The second kappa shape index (κ2) is 4.88. The minimum atomic E-state index is -0.436. The Labute approximate surface area is 127 Å². The average Bonchev–Trinajstić information content (AvgIpc) is 3.13. The van der Waals surface area contributed by atoms with Crippen LogP contribution in [0.15, 0.2) is 33.9 Å². The van der Waals surface area contributed by atoms with Crippen molar-refractivity contribution in [2.45, 2.75) is 33.2 Å². The zero-order chi connectivity index (χ0) is 15.2. The van der Waals surface area contributed by atoms with E-state index < -0.39 is 5.69 Å². The highest BCUT2D eigenvalue weighted by molar-refractivity contribution is 6.32. The van der Waals surface area contributed by atoms with Gasteiger partial charge in [0.05, 0.1) is 5.56 Å². The fourth-order valence-corrected chi connectivity index (χ4v) is 2.76. The molecule has 4 nitrogen and oxygen atoms in total. The molecule has 1 aromatic heterocycles. The van der Waals surface area contributed by atoms with Crippen LogP contribution in [-0.4, -0.2) is 9.55 Å². The summed E-state index contributed by atoms with van der Waals surface area (Å²) in [5.41, 5.74) is 1.45. The summed E-state index contributed by atoms with van der Waals surface area (Å²) in [6.07, 6.45) is 2.09. The smallest absolute Gasteiger partial charge is 0.297 e. The first-order valence-corrected chi connectivity index (χ1v) is 7.37. The number of aryl methyl sites for hydroxylation is 1. The van der Waals surface area contributed by atoms with E-state index in [1.807, 2.05) is 31.2 Å². The van der Waals surface area contributed by atoms with Gasteiger partial charge in [-0.1, -0.05) is 48.4 Å². The molecule has 0 bridgehead atoms. The lowest BCUT2D eigenvalue weighted by Gasteiger charge is -2.13. The van der Waals surface area contributed by atoms with E-state index in [-0.39, 0.29) is 16.1 Å². The predicted octanol–water partition coefficient (Wildman–Crippen LogP) is 2.97. The number of aromatic nitrogens is 2. The number of nitrogens with zero attached hydrogens (tertiary/aromatic N) is 1. The van der Waals surface area contributed by atoms with Crippen molar-refractivity contribution in [2.24, 2.45) is 5.41 Å². The standard InChI is InChI=1S/C16H17ClN2O2/c1-10-4-3-5-11(8-10)12-13(17)18-15(21)19(14(12)20)9-16(2)6-7-16/h3-5,8H,6-7,9H2,1-2H3,(H,18,21). The van der Waals surface area contributed by atoms with Gasteiger partial charge < -0.3 is 0 Å². The molecule has 0 aliphatic heterocycles. The molecule has 0 unspecified atom stereocenters. The van der Waals surface area contributed by atoms with Gasteiger partial charge >= 0.3 is 5.69 Å². The zero-order valence-electron chi connectivity index (χ0n) is 12.1. The van der Waals surface area contributed by atoms with Gasteiger partial charge in [-0.05, 0) is 30.7 Å². The van der Waals surface area contributed by atoms with Crippen molar-refractivity contribution in [2.75, 3.05) is 0 Å². The fourth-order valence-electron chi connectivity index (χ4n) is 2.49. The van der Waals surface area contributed by atoms with Gasteiger partial charge in [0.25, 0.3) is 5.56 Å². The second-order valence-corrected chi connectivity index (χ2v) is 6.57. The Morgan fingerprint density at radius 2 is 2.05 bits per heavy atom. The van der Waals surface area contributed by atoms with Gasteiger partial charge in [0, 0.05) is 6.54 Å². The summed E-state index contributed by atoms with van der Waals surface area (Å²) in [5, 5.41) is 0.104. The van der Waals surface area contributed by atoms with E-state index in [1.165, 1.54) is 4.57 Å². The second-order valence-electron chi connectivity index (χ2n) is 6.19. The van der Waals surface area contributed by atoms with Crippen LogP contribution in [0.5, 0.6) is 0 Å². The molecule has 0 saturated heterocycles. The quantitative estimate of drug-likeness (QED) is 0.886. The Bertz CT molecular complexity index is 816. The normalized spacial score (nSPS) is 16.0. The van der Waals surface area contributed by atoms with Gasteiger partial charge in [-0.2, -0.15) is 0 Å². The molecule has 1 saturated carbocycles. The maximum absolute atomic E-state index is 12.7. The van der Waals surface area contributed by atoms with Gasteiger partial charge in [-0.3, -0.25) is 14.3 Å². The van der Waals surface area contributed by atoms with Gasteiger partial charge in [0.2, 0.25) is 0 Å². The Kier molecular flexibility index (Phi) is 3.29. The number of benzene rings is 1. The molecule has 1 aromatic carbocycles. The molecule has 2 aromatic rings.